The van der Waals surface area contributed by atoms with E-state index in [2.05, 4.69) is 5.32 Å². The van der Waals surface area contributed by atoms with Gasteiger partial charge in [0.25, 0.3) is 5.91 Å². The average molecular weight is 289 g/mol. The number of nitrogens with one attached hydrogen (secondary N) is 1. The van der Waals surface area contributed by atoms with Crippen LogP contribution in [0.5, 0.6) is 0 Å². The fraction of sp³-hybridized carbons (Fsp3) is 0.412. The highest BCUT2D eigenvalue weighted by Gasteiger charge is 2.16. The molecule has 0 heterocycles. The van der Waals surface area contributed by atoms with Crippen LogP contribution in [0.4, 0.5) is 0 Å². The summed E-state index contributed by atoms with van der Waals surface area (Å²) in [6.45, 7) is 8.12. The SMILES string of the molecule is Cc1cccc(/C=C/C(=O)O[C@@H](C)C(=O)NCC(C)C)c1. The summed E-state index contributed by atoms with van der Waals surface area (Å²) in [6, 6.07) is 7.76. The number of benzene rings is 1. The Balaban J connectivity index is 2.47. The lowest BCUT2D eigenvalue weighted by atomic mass is 10.1. The van der Waals surface area contributed by atoms with Crippen molar-refractivity contribution in [1.29, 1.82) is 0 Å². The molecule has 1 rings (SSSR count). The molecule has 1 N–H and O–H groups in total. The molecule has 0 unspecified atom stereocenters. The summed E-state index contributed by atoms with van der Waals surface area (Å²) in [5, 5.41) is 2.73. The Morgan fingerprint density at radius 3 is 2.62 bits per heavy atom. The molecule has 0 bridgehead atoms. The van der Waals surface area contributed by atoms with Gasteiger partial charge in [-0.1, -0.05) is 43.7 Å². The third-order valence-corrected chi connectivity index (χ3v) is 2.80. The Morgan fingerprint density at radius 1 is 1.29 bits per heavy atom. The molecule has 0 aromatic heterocycles. The topological polar surface area (TPSA) is 55.4 Å². The lowest BCUT2D eigenvalue weighted by molar-refractivity contribution is -0.150. The summed E-state index contributed by atoms with van der Waals surface area (Å²) in [6.07, 6.45) is 2.22. The van der Waals surface area contributed by atoms with E-state index in [0.717, 1.165) is 11.1 Å². The Labute approximate surface area is 126 Å². The zero-order valence-electron chi connectivity index (χ0n) is 13.1. The molecular formula is C17H23NO3. The number of hydrogen-bond acceptors (Lipinski definition) is 3. The molecule has 0 aliphatic heterocycles. The molecule has 4 heteroatoms. The predicted molar refractivity (Wildman–Crippen MR) is 83.6 cm³/mol. The fourth-order valence-corrected chi connectivity index (χ4v) is 1.65. The van der Waals surface area contributed by atoms with Gasteiger partial charge in [0.15, 0.2) is 6.10 Å². The molecule has 0 radical (unpaired) electrons. The van der Waals surface area contributed by atoms with Crippen molar-refractivity contribution in [2.24, 2.45) is 5.92 Å². The molecule has 21 heavy (non-hydrogen) atoms. The second-order valence-corrected chi connectivity index (χ2v) is 5.47. The van der Waals surface area contributed by atoms with E-state index >= 15 is 0 Å². The van der Waals surface area contributed by atoms with Gasteiger partial charge in [0.05, 0.1) is 0 Å². The van der Waals surface area contributed by atoms with Crippen molar-refractivity contribution < 1.29 is 14.3 Å². The Morgan fingerprint density at radius 2 is 2.00 bits per heavy atom. The number of rotatable bonds is 6. The molecule has 1 aromatic rings. The van der Waals surface area contributed by atoms with E-state index in [1.807, 2.05) is 45.0 Å². The Hall–Kier alpha value is -2.10. The van der Waals surface area contributed by atoms with Gasteiger partial charge < -0.3 is 10.1 Å². The predicted octanol–water partition coefficient (Wildman–Crippen LogP) is 2.71. The maximum absolute atomic E-state index is 11.7. The first-order valence-corrected chi connectivity index (χ1v) is 7.11. The van der Waals surface area contributed by atoms with Gasteiger partial charge >= 0.3 is 5.97 Å². The highest BCUT2D eigenvalue weighted by molar-refractivity contribution is 5.90. The first-order valence-electron chi connectivity index (χ1n) is 7.11. The number of hydrogen-bond donors (Lipinski definition) is 1. The minimum atomic E-state index is -0.793. The second kappa shape index (κ2) is 8.25. The van der Waals surface area contributed by atoms with Crippen LogP contribution in [0.2, 0.25) is 0 Å². The van der Waals surface area contributed by atoms with Crippen molar-refractivity contribution in [2.75, 3.05) is 6.54 Å². The molecule has 0 spiro atoms. The number of amides is 1. The molecule has 1 aromatic carbocycles. The highest BCUT2D eigenvalue weighted by atomic mass is 16.5. The maximum Gasteiger partial charge on any atom is 0.331 e. The van der Waals surface area contributed by atoms with Crippen molar-refractivity contribution in [3.63, 3.8) is 0 Å². The lowest BCUT2D eigenvalue weighted by Crippen LogP contribution is -2.37. The second-order valence-electron chi connectivity index (χ2n) is 5.47. The van der Waals surface area contributed by atoms with Crippen LogP contribution < -0.4 is 5.32 Å². The van der Waals surface area contributed by atoms with E-state index in [0.29, 0.717) is 12.5 Å². The van der Waals surface area contributed by atoms with Crippen molar-refractivity contribution in [3.8, 4) is 0 Å². The van der Waals surface area contributed by atoms with Gasteiger partial charge in [-0.3, -0.25) is 4.79 Å². The van der Waals surface area contributed by atoms with Crippen LogP contribution in [0.3, 0.4) is 0 Å². The molecular weight excluding hydrogens is 266 g/mol. The highest BCUT2D eigenvalue weighted by Crippen LogP contribution is 2.06. The van der Waals surface area contributed by atoms with Crippen LogP contribution in [0.1, 0.15) is 31.9 Å². The van der Waals surface area contributed by atoms with Gasteiger partial charge in [0.2, 0.25) is 0 Å². The molecule has 0 saturated heterocycles. The third-order valence-electron chi connectivity index (χ3n) is 2.80. The number of esters is 1. The van der Waals surface area contributed by atoms with E-state index in [1.165, 1.54) is 6.08 Å². The van der Waals surface area contributed by atoms with Gasteiger partial charge in [-0.15, -0.1) is 0 Å². The van der Waals surface area contributed by atoms with Crippen molar-refractivity contribution in [3.05, 3.63) is 41.5 Å². The molecule has 1 atom stereocenters. The molecule has 1 amide bonds. The maximum atomic E-state index is 11.7. The fourth-order valence-electron chi connectivity index (χ4n) is 1.65. The lowest BCUT2D eigenvalue weighted by Gasteiger charge is -2.13. The Kier molecular flexibility index (Phi) is 6.66. The molecule has 0 fully saturated rings. The summed E-state index contributed by atoms with van der Waals surface area (Å²) >= 11 is 0. The van der Waals surface area contributed by atoms with Crippen LogP contribution in [-0.2, 0) is 14.3 Å². The summed E-state index contributed by atoms with van der Waals surface area (Å²) in [5.74, 6) is -0.442. The molecule has 4 nitrogen and oxygen atoms in total. The van der Waals surface area contributed by atoms with E-state index in [9.17, 15) is 9.59 Å². The third kappa shape index (κ3) is 6.75. The van der Waals surface area contributed by atoms with Gasteiger partial charge in [-0.2, -0.15) is 0 Å². The van der Waals surface area contributed by atoms with E-state index < -0.39 is 12.1 Å². The summed E-state index contributed by atoms with van der Waals surface area (Å²) < 4.78 is 5.06. The first kappa shape index (κ1) is 17.0. The minimum Gasteiger partial charge on any atom is -0.449 e. The zero-order chi connectivity index (χ0) is 15.8. The van der Waals surface area contributed by atoms with Gasteiger partial charge in [-0.25, -0.2) is 4.79 Å². The summed E-state index contributed by atoms with van der Waals surface area (Å²) in [5.41, 5.74) is 2.04. The van der Waals surface area contributed by atoms with Crippen molar-refractivity contribution in [1.82, 2.24) is 5.32 Å². The van der Waals surface area contributed by atoms with Crippen molar-refractivity contribution in [2.45, 2.75) is 33.8 Å². The number of aryl methyl sites for hydroxylation is 1. The van der Waals surface area contributed by atoms with E-state index in [1.54, 1.807) is 13.0 Å². The normalized spacial score (nSPS) is 12.4. The largest absolute Gasteiger partial charge is 0.449 e. The molecule has 0 aliphatic carbocycles. The number of ether oxygens (including phenoxy) is 1. The van der Waals surface area contributed by atoms with Crippen molar-refractivity contribution >= 4 is 18.0 Å². The number of carbonyl (C=O) groups is 2. The summed E-state index contributed by atoms with van der Waals surface area (Å²) in [7, 11) is 0. The summed E-state index contributed by atoms with van der Waals surface area (Å²) in [4.78, 5) is 23.4. The van der Waals surface area contributed by atoms with Crippen LogP contribution in [0, 0.1) is 12.8 Å². The number of carbonyl (C=O) groups excluding carboxylic acids is 2. The van der Waals surface area contributed by atoms with Gasteiger partial charge in [0.1, 0.15) is 0 Å². The van der Waals surface area contributed by atoms with Crippen LogP contribution >= 0.6 is 0 Å². The molecule has 0 saturated carbocycles. The van der Waals surface area contributed by atoms with Crippen LogP contribution in [0.15, 0.2) is 30.3 Å². The van der Waals surface area contributed by atoms with Gasteiger partial charge in [-0.05, 0) is 31.4 Å². The first-order chi connectivity index (χ1) is 9.88. The molecule has 114 valence electrons. The zero-order valence-corrected chi connectivity index (χ0v) is 13.1. The smallest absolute Gasteiger partial charge is 0.331 e. The average Bonchev–Trinajstić information content (AvgIpc) is 2.42. The quantitative estimate of drug-likeness (QED) is 0.647. The van der Waals surface area contributed by atoms with E-state index in [4.69, 9.17) is 4.74 Å². The van der Waals surface area contributed by atoms with Crippen LogP contribution in [-0.4, -0.2) is 24.5 Å². The van der Waals surface area contributed by atoms with Crippen LogP contribution in [0.25, 0.3) is 6.08 Å². The standard InChI is InChI=1S/C17H23NO3/c1-12(2)11-18-17(20)14(4)21-16(19)9-8-15-7-5-6-13(3)10-15/h5-10,12,14H,11H2,1-4H3,(H,18,20)/b9-8+/t14-/m0/s1. The monoisotopic (exact) mass is 289 g/mol. The van der Waals surface area contributed by atoms with E-state index in [-0.39, 0.29) is 5.91 Å². The molecule has 0 aliphatic rings. The Bertz CT molecular complexity index is 521. The minimum absolute atomic E-state index is 0.277. The van der Waals surface area contributed by atoms with Gasteiger partial charge in [0, 0.05) is 12.6 Å².